The molecule has 2 atom stereocenters. The zero-order valence-corrected chi connectivity index (χ0v) is 24.3. The third-order valence-electron chi connectivity index (χ3n) is 9.55. The first-order chi connectivity index (χ1) is 22.3. The van der Waals surface area contributed by atoms with Crippen LogP contribution in [0.5, 0.6) is 0 Å². The predicted molar refractivity (Wildman–Crippen MR) is 183 cm³/mol. The van der Waals surface area contributed by atoms with Crippen LogP contribution >= 0.6 is 0 Å². The molecule has 0 fully saturated rings. The highest BCUT2D eigenvalue weighted by Crippen LogP contribution is 2.48. The van der Waals surface area contributed by atoms with Crippen LogP contribution in [0.25, 0.3) is 55.9 Å². The van der Waals surface area contributed by atoms with Gasteiger partial charge in [0, 0.05) is 22.4 Å². The second kappa shape index (κ2) is 9.31. The molecule has 45 heavy (non-hydrogen) atoms. The molecule has 2 unspecified atom stereocenters. The average molecular weight is 578 g/mol. The van der Waals surface area contributed by atoms with E-state index in [1.807, 2.05) is 12.1 Å². The number of hydrogen-bond acceptors (Lipinski definition) is 3. The largest absolute Gasteiger partial charge is 0.456 e. The number of fused-ring (bicyclic) bond motifs is 12. The van der Waals surface area contributed by atoms with Crippen LogP contribution in [0.15, 0.2) is 150 Å². The fourth-order valence-corrected chi connectivity index (χ4v) is 7.56. The van der Waals surface area contributed by atoms with E-state index in [0.29, 0.717) is 0 Å². The first-order valence-corrected chi connectivity index (χ1v) is 15.5. The van der Waals surface area contributed by atoms with Crippen LogP contribution < -0.4 is 4.90 Å². The Bertz CT molecular complexity index is 2480. The van der Waals surface area contributed by atoms with Crippen molar-refractivity contribution in [2.45, 2.75) is 12.0 Å². The molecule has 0 amide bonds. The van der Waals surface area contributed by atoms with Crippen molar-refractivity contribution in [3.63, 3.8) is 0 Å². The lowest BCUT2D eigenvalue weighted by molar-refractivity contribution is 0.669. The van der Waals surface area contributed by atoms with Crippen molar-refractivity contribution < 1.29 is 4.42 Å². The maximum Gasteiger partial charge on any atom is 0.216 e. The molecule has 212 valence electrons. The quantitative estimate of drug-likeness (QED) is 0.205. The van der Waals surface area contributed by atoms with Crippen molar-refractivity contribution in [3.05, 3.63) is 162 Å². The van der Waals surface area contributed by atoms with E-state index in [4.69, 9.17) is 9.40 Å². The molecule has 2 aromatic heterocycles. The van der Waals surface area contributed by atoms with Gasteiger partial charge in [-0.05, 0) is 76.3 Å². The number of para-hydroxylation sites is 4. The van der Waals surface area contributed by atoms with E-state index in [2.05, 4.69) is 149 Å². The van der Waals surface area contributed by atoms with Crippen molar-refractivity contribution in [1.29, 1.82) is 0 Å². The number of benzene rings is 6. The number of imidazole rings is 1. The van der Waals surface area contributed by atoms with Crippen LogP contribution in [0, 0.1) is 0 Å². The van der Waals surface area contributed by atoms with Crippen molar-refractivity contribution in [2.24, 2.45) is 0 Å². The van der Waals surface area contributed by atoms with Gasteiger partial charge in [0.1, 0.15) is 11.2 Å². The number of nitrogens with zero attached hydrogens (tertiary/aromatic N) is 3. The Kier molecular flexibility index (Phi) is 5.08. The summed E-state index contributed by atoms with van der Waals surface area (Å²) in [5.74, 6) is 1.05. The molecule has 0 N–H and O–H groups in total. The Balaban J connectivity index is 1.22. The number of hydrogen-bond donors (Lipinski definition) is 0. The third-order valence-corrected chi connectivity index (χ3v) is 9.55. The molecule has 8 aromatic rings. The summed E-state index contributed by atoms with van der Waals surface area (Å²) in [5.41, 5.74) is 12.4. The first kappa shape index (κ1) is 24.6. The summed E-state index contributed by atoms with van der Waals surface area (Å²) >= 11 is 0. The second-order valence-electron chi connectivity index (χ2n) is 12.0. The lowest BCUT2D eigenvalue weighted by Crippen LogP contribution is -2.37. The number of furan rings is 1. The molecule has 2 aliphatic rings. The molecule has 0 spiro atoms. The van der Waals surface area contributed by atoms with Gasteiger partial charge in [0.25, 0.3) is 0 Å². The SMILES string of the molecule is C1=CC2C(c3ccccc31)c1ccccc1-n1c(nc3ccccc31)N2c1cccc(-c2ccc3oc4ccccc4c3c2)c1. The van der Waals surface area contributed by atoms with Gasteiger partial charge in [-0.1, -0.05) is 103 Å². The number of aromatic nitrogens is 2. The monoisotopic (exact) mass is 577 g/mol. The molecule has 4 nitrogen and oxygen atoms in total. The van der Waals surface area contributed by atoms with Gasteiger partial charge in [-0.15, -0.1) is 0 Å². The molecule has 0 saturated heterocycles. The normalized spacial score (nSPS) is 16.8. The molecule has 3 heterocycles. The van der Waals surface area contributed by atoms with E-state index in [0.717, 1.165) is 55.7 Å². The molecule has 10 rings (SSSR count). The van der Waals surface area contributed by atoms with Crippen LogP contribution in [0.4, 0.5) is 11.6 Å². The fraction of sp³-hybridized carbons (Fsp3) is 0.0488. The minimum Gasteiger partial charge on any atom is -0.456 e. The Morgan fingerprint density at radius 2 is 1.38 bits per heavy atom. The van der Waals surface area contributed by atoms with Crippen LogP contribution in [-0.4, -0.2) is 15.6 Å². The van der Waals surface area contributed by atoms with E-state index in [9.17, 15) is 0 Å². The number of anilines is 2. The van der Waals surface area contributed by atoms with Gasteiger partial charge in [-0.3, -0.25) is 4.57 Å². The van der Waals surface area contributed by atoms with Gasteiger partial charge < -0.3 is 9.32 Å². The predicted octanol–water partition coefficient (Wildman–Crippen LogP) is 10.3. The molecule has 0 bridgehead atoms. The third kappa shape index (κ3) is 3.57. The van der Waals surface area contributed by atoms with Gasteiger partial charge in [-0.2, -0.15) is 0 Å². The van der Waals surface area contributed by atoms with Crippen LogP contribution in [0.1, 0.15) is 22.6 Å². The highest BCUT2D eigenvalue weighted by molar-refractivity contribution is 6.06. The highest BCUT2D eigenvalue weighted by Gasteiger charge is 2.39. The summed E-state index contributed by atoms with van der Waals surface area (Å²) in [4.78, 5) is 7.78. The van der Waals surface area contributed by atoms with E-state index in [-0.39, 0.29) is 12.0 Å². The molecular formula is C41H27N3O. The first-order valence-electron chi connectivity index (χ1n) is 15.5. The van der Waals surface area contributed by atoms with Crippen LogP contribution in [0.3, 0.4) is 0 Å². The van der Waals surface area contributed by atoms with Gasteiger partial charge >= 0.3 is 0 Å². The Labute approximate surface area is 260 Å². The van der Waals surface area contributed by atoms with Crippen molar-refractivity contribution in [2.75, 3.05) is 4.90 Å². The molecular weight excluding hydrogens is 550 g/mol. The molecule has 1 aliphatic heterocycles. The lowest BCUT2D eigenvalue weighted by atomic mass is 9.78. The maximum atomic E-state index is 6.14. The maximum absolute atomic E-state index is 6.14. The van der Waals surface area contributed by atoms with Gasteiger partial charge in [0.2, 0.25) is 5.95 Å². The van der Waals surface area contributed by atoms with Crippen molar-refractivity contribution in [3.8, 4) is 16.8 Å². The molecule has 0 radical (unpaired) electrons. The van der Waals surface area contributed by atoms with E-state index in [1.165, 1.54) is 22.4 Å². The topological polar surface area (TPSA) is 34.2 Å². The zero-order valence-electron chi connectivity index (χ0n) is 24.3. The van der Waals surface area contributed by atoms with E-state index < -0.39 is 0 Å². The van der Waals surface area contributed by atoms with Crippen molar-refractivity contribution in [1.82, 2.24) is 9.55 Å². The fourth-order valence-electron chi connectivity index (χ4n) is 7.56. The van der Waals surface area contributed by atoms with E-state index >= 15 is 0 Å². The summed E-state index contributed by atoms with van der Waals surface area (Å²) in [6, 6.07) is 49.8. The summed E-state index contributed by atoms with van der Waals surface area (Å²) in [6.07, 6.45) is 4.65. The van der Waals surface area contributed by atoms with Gasteiger partial charge in [0.05, 0.1) is 22.8 Å². The highest BCUT2D eigenvalue weighted by atomic mass is 16.3. The summed E-state index contributed by atoms with van der Waals surface area (Å²) in [7, 11) is 0. The summed E-state index contributed by atoms with van der Waals surface area (Å²) < 4.78 is 8.49. The van der Waals surface area contributed by atoms with Crippen molar-refractivity contribution >= 4 is 50.7 Å². The molecule has 0 saturated carbocycles. The number of rotatable bonds is 2. The Morgan fingerprint density at radius 3 is 2.36 bits per heavy atom. The minimum absolute atomic E-state index is 0.0228. The molecule has 6 aromatic carbocycles. The smallest absolute Gasteiger partial charge is 0.216 e. The molecule has 4 heteroatoms. The second-order valence-corrected chi connectivity index (χ2v) is 12.0. The lowest BCUT2D eigenvalue weighted by Gasteiger charge is -2.37. The zero-order chi connectivity index (χ0) is 29.5. The van der Waals surface area contributed by atoms with Crippen LogP contribution in [-0.2, 0) is 0 Å². The van der Waals surface area contributed by atoms with Gasteiger partial charge in [0.15, 0.2) is 0 Å². The van der Waals surface area contributed by atoms with E-state index in [1.54, 1.807) is 0 Å². The minimum atomic E-state index is 0.0228. The average Bonchev–Trinajstić information content (AvgIpc) is 3.63. The van der Waals surface area contributed by atoms with Gasteiger partial charge in [-0.25, -0.2) is 4.98 Å². The summed E-state index contributed by atoms with van der Waals surface area (Å²) in [6.45, 7) is 0. The summed E-state index contributed by atoms with van der Waals surface area (Å²) in [5, 5.41) is 2.27. The van der Waals surface area contributed by atoms with Crippen LogP contribution in [0.2, 0.25) is 0 Å². The Hall–Kier alpha value is -5.87. The standard InChI is InChI=1S/C41H27N3O/c1-2-13-30-26(10-1)20-22-37-40(30)32-15-3-6-17-35(32)44-36-18-7-5-16-34(36)42-41(44)43(37)29-12-9-11-27(24-29)28-21-23-39-33(25-28)31-14-4-8-19-38(31)45-39/h1-25,37,40H. The Morgan fingerprint density at radius 1 is 0.600 bits per heavy atom. The molecule has 1 aliphatic carbocycles.